The second-order valence-corrected chi connectivity index (χ2v) is 4.59. The monoisotopic (exact) mass is 307 g/mol. The number of aryl methyl sites for hydroxylation is 1. The van der Waals surface area contributed by atoms with Gasteiger partial charge < -0.3 is 5.32 Å². The Morgan fingerprint density at radius 3 is 2.83 bits per heavy atom. The van der Waals surface area contributed by atoms with E-state index in [9.17, 15) is 10.1 Å². The summed E-state index contributed by atoms with van der Waals surface area (Å²) in [6.45, 7) is 1.71. The standard InChI is InChI=1S/C12H10BrN3O2/c1-8-2-3-9(6-12(8)16(17)18)15-11-4-5-14-7-10(11)13/h2-7H,1H3,(H,14,15). The number of halogens is 1. The maximum absolute atomic E-state index is 10.9. The van der Waals surface area contributed by atoms with E-state index in [2.05, 4.69) is 26.2 Å². The first-order valence-electron chi connectivity index (χ1n) is 5.19. The number of nitro groups is 1. The Hall–Kier alpha value is -1.95. The van der Waals surface area contributed by atoms with Crippen molar-refractivity contribution in [2.24, 2.45) is 0 Å². The predicted octanol–water partition coefficient (Wildman–Crippen LogP) is 3.80. The summed E-state index contributed by atoms with van der Waals surface area (Å²) >= 11 is 3.36. The molecule has 0 saturated carbocycles. The van der Waals surface area contributed by atoms with Gasteiger partial charge in [-0.05, 0) is 35.0 Å². The van der Waals surface area contributed by atoms with Gasteiger partial charge in [-0.2, -0.15) is 0 Å². The number of hydrogen-bond donors (Lipinski definition) is 1. The summed E-state index contributed by atoms with van der Waals surface area (Å²) < 4.78 is 0.799. The molecule has 0 aliphatic heterocycles. The maximum Gasteiger partial charge on any atom is 0.274 e. The Morgan fingerprint density at radius 1 is 1.39 bits per heavy atom. The first-order chi connectivity index (χ1) is 8.58. The number of anilines is 2. The molecule has 92 valence electrons. The van der Waals surface area contributed by atoms with E-state index >= 15 is 0 Å². The van der Waals surface area contributed by atoms with Crippen molar-refractivity contribution in [3.63, 3.8) is 0 Å². The van der Waals surface area contributed by atoms with E-state index < -0.39 is 0 Å². The van der Waals surface area contributed by atoms with Crippen molar-refractivity contribution in [3.8, 4) is 0 Å². The zero-order chi connectivity index (χ0) is 13.1. The van der Waals surface area contributed by atoms with E-state index in [1.807, 2.05) is 0 Å². The van der Waals surface area contributed by atoms with Gasteiger partial charge in [0.15, 0.2) is 0 Å². The lowest BCUT2D eigenvalue weighted by Crippen LogP contribution is -1.96. The summed E-state index contributed by atoms with van der Waals surface area (Å²) in [5.74, 6) is 0. The van der Waals surface area contributed by atoms with Crippen LogP contribution in [0.3, 0.4) is 0 Å². The number of rotatable bonds is 3. The maximum atomic E-state index is 10.9. The van der Waals surface area contributed by atoms with Gasteiger partial charge in [-0.3, -0.25) is 15.1 Å². The zero-order valence-electron chi connectivity index (χ0n) is 9.55. The van der Waals surface area contributed by atoms with Crippen LogP contribution >= 0.6 is 15.9 Å². The van der Waals surface area contributed by atoms with Gasteiger partial charge in [0.05, 0.1) is 15.1 Å². The molecule has 0 atom stereocenters. The molecule has 0 amide bonds. The topological polar surface area (TPSA) is 68.1 Å². The Kier molecular flexibility index (Phi) is 3.57. The average Bonchev–Trinajstić information content (AvgIpc) is 2.34. The van der Waals surface area contributed by atoms with Gasteiger partial charge in [-0.25, -0.2) is 0 Å². The normalized spacial score (nSPS) is 10.1. The van der Waals surface area contributed by atoms with E-state index in [1.54, 1.807) is 37.5 Å². The minimum Gasteiger partial charge on any atom is -0.354 e. The fourth-order valence-corrected chi connectivity index (χ4v) is 1.87. The lowest BCUT2D eigenvalue weighted by Gasteiger charge is -2.08. The van der Waals surface area contributed by atoms with Gasteiger partial charge >= 0.3 is 0 Å². The molecule has 6 heteroatoms. The molecule has 0 fully saturated rings. The second kappa shape index (κ2) is 5.14. The smallest absolute Gasteiger partial charge is 0.274 e. The molecular formula is C12H10BrN3O2. The van der Waals surface area contributed by atoms with Crippen LogP contribution in [-0.2, 0) is 0 Å². The molecule has 1 heterocycles. The molecule has 0 saturated heterocycles. The van der Waals surface area contributed by atoms with Crippen molar-refractivity contribution in [1.29, 1.82) is 0 Å². The summed E-state index contributed by atoms with van der Waals surface area (Å²) in [5, 5.41) is 14.0. The average molecular weight is 308 g/mol. The molecule has 0 radical (unpaired) electrons. The van der Waals surface area contributed by atoms with Gasteiger partial charge in [0.2, 0.25) is 0 Å². The van der Waals surface area contributed by atoms with Gasteiger partial charge in [0.25, 0.3) is 5.69 Å². The summed E-state index contributed by atoms with van der Waals surface area (Å²) in [5.41, 5.74) is 2.21. The number of hydrogen-bond acceptors (Lipinski definition) is 4. The Bertz CT molecular complexity index is 602. The molecule has 0 unspecified atom stereocenters. The predicted molar refractivity (Wildman–Crippen MR) is 73.1 cm³/mol. The lowest BCUT2D eigenvalue weighted by atomic mass is 10.2. The number of nitro benzene ring substituents is 1. The van der Waals surface area contributed by atoms with Crippen molar-refractivity contribution < 1.29 is 4.92 Å². The van der Waals surface area contributed by atoms with Crippen LogP contribution in [0.1, 0.15) is 5.56 Å². The third kappa shape index (κ3) is 2.65. The third-order valence-electron chi connectivity index (χ3n) is 2.46. The quantitative estimate of drug-likeness (QED) is 0.691. The van der Waals surface area contributed by atoms with E-state index in [4.69, 9.17) is 0 Å². The van der Waals surface area contributed by atoms with Crippen LogP contribution < -0.4 is 5.32 Å². The number of aromatic nitrogens is 1. The molecule has 5 nitrogen and oxygen atoms in total. The summed E-state index contributed by atoms with van der Waals surface area (Å²) in [4.78, 5) is 14.4. The van der Waals surface area contributed by atoms with Crippen molar-refractivity contribution >= 4 is 33.0 Å². The number of pyridine rings is 1. The van der Waals surface area contributed by atoms with E-state index in [0.29, 0.717) is 11.3 Å². The van der Waals surface area contributed by atoms with Gasteiger partial charge in [-0.1, -0.05) is 6.07 Å². The molecule has 0 spiro atoms. The highest BCUT2D eigenvalue weighted by atomic mass is 79.9. The summed E-state index contributed by atoms with van der Waals surface area (Å²) in [7, 11) is 0. The fourth-order valence-electron chi connectivity index (χ4n) is 1.52. The van der Waals surface area contributed by atoms with E-state index in [-0.39, 0.29) is 10.6 Å². The Balaban J connectivity index is 2.33. The fraction of sp³-hybridized carbons (Fsp3) is 0.0833. The lowest BCUT2D eigenvalue weighted by molar-refractivity contribution is -0.385. The van der Waals surface area contributed by atoms with Crippen LogP contribution in [0.4, 0.5) is 17.1 Å². The van der Waals surface area contributed by atoms with Gasteiger partial charge in [0, 0.05) is 29.7 Å². The highest BCUT2D eigenvalue weighted by molar-refractivity contribution is 9.10. The molecular weight excluding hydrogens is 298 g/mol. The minimum absolute atomic E-state index is 0.102. The summed E-state index contributed by atoms with van der Waals surface area (Å²) in [6, 6.07) is 6.82. The van der Waals surface area contributed by atoms with Gasteiger partial charge in [-0.15, -0.1) is 0 Å². The molecule has 1 N–H and O–H groups in total. The van der Waals surface area contributed by atoms with Crippen LogP contribution in [0.25, 0.3) is 0 Å². The van der Waals surface area contributed by atoms with Crippen molar-refractivity contribution in [2.45, 2.75) is 6.92 Å². The van der Waals surface area contributed by atoms with E-state index in [1.165, 1.54) is 6.07 Å². The molecule has 1 aromatic heterocycles. The first-order valence-corrected chi connectivity index (χ1v) is 5.99. The van der Waals surface area contributed by atoms with Crippen LogP contribution in [0.2, 0.25) is 0 Å². The zero-order valence-corrected chi connectivity index (χ0v) is 11.1. The van der Waals surface area contributed by atoms with Gasteiger partial charge in [0.1, 0.15) is 0 Å². The molecule has 0 aliphatic rings. The number of benzene rings is 1. The SMILES string of the molecule is Cc1ccc(Nc2ccncc2Br)cc1[N+](=O)[O-]. The van der Waals surface area contributed by atoms with Crippen LogP contribution in [0, 0.1) is 17.0 Å². The number of nitrogens with one attached hydrogen (secondary N) is 1. The van der Waals surface area contributed by atoms with Crippen LogP contribution in [-0.4, -0.2) is 9.91 Å². The first kappa shape index (κ1) is 12.5. The minimum atomic E-state index is -0.387. The highest BCUT2D eigenvalue weighted by Gasteiger charge is 2.11. The van der Waals surface area contributed by atoms with Crippen molar-refractivity contribution in [3.05, 3.63) is 56.8 Å². The summed E-state index contributed by atoms with van der Waals surface area (Å²) in [6.07, 6.45) is 3.31. The molecule has 18 heavy (non-hydrogen) atoms. The van der Waals surface area contributed by atoms with Crippen molar-refractivity contribution in [2.75, 3.05) is 5.32 Å². The molecule has 2 aromatic rings. The van der Waals surface area contributed by atoms with Crippen LogP contribution in [0.5, 0.6) is 0 Å². The molecule has 0 bridgehead atoms. The number of nitrogens with zero attached hydrogens (tertiary/aromatic N) is 2. The Labute approximate surface area is 112 Å². The largest absolute Gasteiger partial charge is 0.354 e. The highest BCUT2D eigenvalue weighted by Crippen LogP contribution is 2.28. The third-order valence-corrected chi connectivity index (χ3v) is 3.09. The molecule has 1 aromatic carbocycles. The molecule has 2 rings (SSSR count). The van der Waals surface area contributed by atoms with E-state index in [0.717, 1.165) is 10.2 Å². The Morgan fingerprint density at radius 2 is 2.17 bits per heavy atom. The van der Waals surface area contributed by atoms with Crippen LogP contribution in [0.15, 0.2) is 41.1 Å². The van der Waals surface area contributed by atoms with Crippen molar-refractivity contribution in [1.82, 2.24) is 4.98 Å². The second-order valence-electron chi connectivity index (χ2n) is 3.74. The molecule has 0 aliphatic carbocycles.